The largest absolute Gasteiger partial charge is 0.375 e. The third-order valence-electron chi connectivity index (χ3n) is 3.92. The van der Waals surface area contributed by atoms with Gasteiger partial charge in [0.05, 0.1) is 6.54 Å². The van der Waals surface area contributed by atoms with Crippen LogP contribution in [-0.2, 0) is 35.5 Å². The summed E-state index contributed by atoms with van der Waals surface area (Å²) in [6.45, 7) is 0.560. The molecule has 116 valence electrons. The van der Waals surface area contributed by atoms with Gasteiger partial charge in [0, 0.05) is 13.0 Å². The number of carbonyl (C=O) groups is 1. The third-order valence-corrected chi connectivity index (χ3v) is 3.92. The van der Waals surface area contributed by atoms with Crippen LogP contribution in [0.1, 0.15) is 29.3 Å². The van der Waals surface area contributed by atoms with Gasteiger partial charge in [-0.15, -0.1) is 0 Å². The average Bonchev–Trinajstić information content (AvgIpc) is 3.00. The molecule has 0 saturated carbocycles. The Morgan fingerprint density at radius 3 is 3.05 bits per heavy atom. The van der Waals surface area contributed by atoms with Crippen molar-refractivity contribution < 1.29 is 14.1 Å². The number of aryl methyl sites for hydroxylation is 1. The molecule has 0 aliphatic heterocycles. The highest BCUT2D eigenvalue weighted by Crippen LogP contribution is 2.25. The molecule has 1 aromatic heterocycles. The molecule has 0 spiro atoms. The fraction of sp³-hybridized carbons (Fsp3) is 0.438. The summed E-state index contributed by atoms with van der Waals surface area (Å²) >= 11 is 0. The summed E-state index contributed by atoms with van der Waals surface area (Å²) in [5.41, 5.74) is 2.63. The van der Waals surface area contributed by atoms with Crippen molar-refractivity contribution in [3.63, 3.8) is 0 Å². The van der Waals surface area contributed by atoms with E-state index in [0.717, 1.165) is 19.3 Å². The molecule has 6 nitrogen and oxygen atoms in total. The quantitative estimate of drug-likeness (QED) is 0.908. The number of rotatable bonds is 5. The number of ether oxygens (including phenoxy) is 1. The normalized spacial score (nSPS) is 17.0. The zero-order valence-corrected chi connectivity index (χ0v) is 12.5. The molecule has 1 heterocycles. The number of carbonyl (C=O) groups excluding carboxylic acids is 1. The van der Waals surface area contributed by atoms with Crippen molar-refractivity contribution in [3.8, 4) is 0 Å². The summed E-state index contributed by atoms with van der Waals surface area (Å²) in [7, 11) is 1.56. The van der Waals surface area contributed by atoms with Gasteiger partial charge >= 0.3 is 0 Å². The molecule has 1 aliphatic carbocycles. The van der Waals surface area contributed by atoms with E-state index >= 15 is 0 Å². The summed E-state index contributed by atoms with van der Waals surface area (Å²) < 4.78 is 9.90. The van der Waals surface area contributed by atoms with Crippen LogP contribution < -0.4 is 5.32 Å². The maximum atomic E-state index is 12.3. The van der Waals surface area contributed by atoms with Gasteiger partial charge in [-0.2, -0.15) is 4.98 Å². The molecule has 1 amide bonds. The molecule has 1 atom stereocenters. The number of nitrogens with zero attached hydrogens (tertiary/aromatic N) is 2. The van der Waals surface area contributed by atoms with Crippen LogP contribution in [0.15, 0.2) is 28.8 Å². The van der Waals surface area contributed by atoms with Crippen LogP contribution >= 0.6 is 0 Å². The molecule has 1 unspecified atom stereocenters. The molecule has 0 saturated heterocycles. The van der Waals surface area contributed by atoms with Gasteiger partial charge in [-0.1, -0.05) is 29.4 Å². The van der Waals surface area contributed by atoms with Crippen LogP contribution in [0.25, 0.3) is 0 Å². The van der Waals surface area contributed by atoms with Gasteiger partial charge in [-0.25, -0.2) is 0 Å². The Morgan fingerprint density at radius 2 is 2.23 bits per heavy atom. The van der Waals surface area contributed by atoms with E-state index in [2.05, 4.69) is 27.6 Å². The SMILES string of the molecule is COCc1nc(CNC(=O)C2CCc3ccccc3C2)no1. The summed E-state index contributed by atoms with van der Waals surface area (Å²) in [6.07, 6.45) is 2.63. The summed E-state index contributed by atoms with van der Waals surface area (Å²) in [4.78, 5) is 16.4. The number of benzene rings is 1. The van der Waals surface area contributed by atoms with Crippen LogP contribution in [0.4, 0.5) is 0 Å². The van der Waals surface area contributed by atoms with Crippen LogP contribution in [0.3, 0.4) is 0 Å². The van der Waals surface area contributed by atoms with Gasteiger partial charge in [0.25, 0.3) is 5.89 Å². The molecular weight excluding hydrogens is 282 g/mol. The van der Waals surface area contributed by atoms with Crippen LogP contribution in [0.2, 0.25) is 0 Å². The average molecular weight is 301 g/mol. The van der Waals surface area contributed by atoms with Crippen molar-refractivity contribution in [1.29, 1.82) is 0 Å². The Kier molecular flexibility index (Phi) is 4.48. The second kappa shape index (κ2) is 6.70. The number of methoxy groups -OCH3 is 1. The van der Waals surface area contributed by atoms with E-state index in [1.54, 1.807) is 7.11 Å². The van der Waals surface area contributed by atoms with Crippen LogP contribution in [0, 0.1) is 5.92 Å². The van der Waals surface area contributed by atoms with Gasteiger partial charge in [0.2, 0.25) is 5.91 Å². The van der Waals surface area contributed by atoms with Crippen molar-refractivity contribution >= 4 is 5.91 Å². The van der Waals surface area contributed by atoms with Crippen molar-refractivity contribution in [2.45, 2.75) is 32.4 Å². The number of hydrogen-bond acceptors (Lipinski definition) is 5. The number of nitrogens with one attached hydrogen (secondary N) is 1. The number of amides is 1. The van der Waals surface area contributed by atoms with Gasteiger partial charge < -0.3 is 14.6 Å². The Hall–Kier alpha value is -2.21. The molecule has 3 rings (SSSR count). The highest BCUT2D eigenvalue weighted by molar-refractivity contribution is 5.79. The topological polar surface area (TPSA) is 77.2 Å². The van der Waals surface area contributed by atoms with Crippen LogP contribution in [-0.4, -0.2) is 23.2 Å². The first-order chi connectivity index (χ1) is 10.8. The number of fused-ring (bicyclic) bond motifs is 1. The van der Waals surface area contributed by atoms with Crippen molar-refractivity contribution in [3.05, 3.63) is 47.1 Å². The predicted molar refractivity (Wildman–Crippen MR) is 78.8 cm³/mol. The van der Waals surface area contributed by atoms with E-state index < -0.39 is 0 Å². The minimum atomic E-state index is 0.0141. The third kappa shape index (κ3) is 3.33. The van der Waals surface area contributed by atoms with Gasteiger partial charge in [0.15, 0.2) is 5.82 Å². The van der Waals surface area contributed by atoms with E-state index in [4.69, 9.17) is 9.26 Å². The smallest absolute Gasteiger partial charge is 0.252 e. The highest BCUT2D eigenvalue weighted by atomic mass is 16.5. The zero-order valence-electron chi connectivity index (χ0n) is 12.5. The second-order valence-corrected chi connectivity index (χ2v) is 5.46. The molecule has 0 bridgehead atoms. The molecule has 0 fully saturated rings. The second-order valence-electron chi connectivity index (χ2n) is 5.46. The summed E-state index contributed by atoms with van der Waals surface area (Å²) in [5, 5.41) is 6.70. The first-order valence-electron chi connectivity index (χ1n) is 7.41. The fourth-order valence-corrected chi connectivity index (χ4v) is 2.78. The summed E-state index contributed by atoms with van der Waals surface area (Å²) in [5.74, 6) is 0.947. The molecule has 0 radical (unpaired) electrons. The monoisotopic (exact) mass is 301 g/mol. The van der Waals surface area contributed by atoms with Gasteiger partial charge in [-0.3, -0.25) is 4.79 Å². The lowest BCUT2D eigenvalue weighted by molar-refractivity contribution is -0.125. The zero-order chi connectivity index (χ0) is 15.4. The number of aromatic nitrogens is 2. The minimum Gasteiger partial charge on any atom is -0.375 e. The lowest BCUT2D eigenvalue weighted by Crippen LogP contribution is -2.34. The molecule has 1 aromatic carbocycles. The lowest BCUT2D eigenvalue weighted by Gasteiger charge is -2.23. The maximum Gasteiger partial charge on any atom is 0.252 e. The van der Waals surface area contributed by atoms with E-state index in [9.17, 15) is 4.79 Å². The Balaban J connectivity index is 1.54. The Bertz CT molecular complexity index is 654. The van der Waals surface area contributed by atoms with Crippen molar-refractivity contribution in [2.24, 2.45) is 5.92 Å². The van der Waals surface area contributed by atoms with E-state index in [1.165, 1.54) is 11.1 Å². The van der Waals surface area contributed by atoms with Crippen molar-refractivity contribution in [1.82, 2.24) is 15.5 Å². The van der Waals surface area contributed by atoms with Gasteiger partial charge in [-0.05, 0) is 30.4 Å². The molecule has 1 aliphatic rings. The minimum absolute atomic E-state index is 0.0141. The first-order valence-corrected chi connectivity index (χ1v) is 7.41. The highest BCUT2D eigenvalue weighted by Gasteiger charge is 2.24. The molecule has 6 heteroatoms. The maximum absolute atomic E-state index is 12.3. The van der Waals surface area contributed by atoms with E-state index in [1.807, 2.05) is 12.1 Å². The van der Waals surface area contributed by atoms with E-state index in [0.29, 0.717) is 11.7 Å². The molecule has 22 heavy (non-hydrogen) atoms. The Labute approximate surface area is 128 Å². The number of hydrogen-bond donors (Lipinski definition) is 1. The van der Waals surface area contributed by atoms with Crippen LogP contribution in [0.5, 0.6) is 0 Å². The Morgan fingerprint density at radius 1 is 1.41 bits per heavy atom. The fourth-order valence-electron chi connectivity index (χ4n) is 2.78. The predicted octanol–water partition coefficient (Wildman–Crippen LogP) is 1.64. The first kappa shape index (κ1) is 14.7. The molecule has 2 aromatic rings. The lowest BCUT2D eigenvalue weighted by atomic mass is 9.83. The van der Waals surface area contributed by atoms with Crippen molar-refractivity contribution in [2.75, 3.05) is 7.11 Å². The molecular formula is C16H19N3O3. The van der Waals surface area contributed by atoms with Gasteiger partial charge in [0.1, 0.15) is 6.61 Å². The summed E-state index contributed by atoms with van der Waals surface area (Å²) in [6, 6.07) is 8.31. The van der Waals surface area contributed by atoms with E-state index in [-0.39, 0.29) is 25.0 Å². The molecule has 1 N–H and O–H groups in total. The standard InChI is InChI=1S/C16H19N3O3/c1-21-10-15-18-14(19-22-15)9-17-16(20)13-7-6-11-4-2-3-5-12(11)8-13/h2-5,13H,6-10H2,1H3,(H,17,20).